The maximum Gasteiger partial charge on any atom is 0.269 e. The Hall–Kier alpha value is -2.17. The summed E-state index contributed by atoms with van der Waals surface area (Å²) in [6, 6.07) is 12.8. The minimum atomic E-state index is -0.265. The van der Waals surface area contributed by atoms with Crippen LogP contribution < -0.4 is 10.1 Å². The molecule has 1 atom stereocenters. The van der Waals surface area contributed by atoms with E-state index in [4.69, 9.17) is 27.9 Å². The van der Waals surface area contributed by atoms with Crippen LogP contribution in [-0.2, 0) is 0 Å². The zero-order chi connectivity index (χ0) is 18.0. The molecule has 1 unspecified atom stereocenters. The van der Waals surface area contributed by atoms with E-state index in [0.29, 0.717) is 22.3 Å². The first kappa shape index (κ1) is 17.6. The lowest BCUT2D eigenvalue weighted by molar-refractivity contribution is 0.0936. The van der Waals surface area contributed by atoms with Crippen molar-refractivity contribution in [1.29, 1.82) is 0 Å². The summed E-state index contributed by atoms with van der Waals surface area (Å²) in [5.41, 5.74) is 2.08. The van der Waals surface area contributed by atoms with Crippen molar-refractivity contribution in [2.45, 2.75) is 19.9 Å². The third kappa shape index (κ3) is 3.75. The molecule has 3 aromatic rings. The summed E-state index contributed by atoms with van der Waals surface area (Å²) in [5, 5.41) is 4.62. The molecule has 6 heteroatoms. The van der Waals surface area contributed by atoms with Crippen LogP contribution in [0.3, 0.4) is 0 Å². The zero-order valence-electron chi connectivity index (χ0n) is 13.9. The van der Waals surface area contributed by atoms with Crippen molar-refractivity contribution in [3.05, 3.63) is 63.8 Å². The van der Waals surface area contributed by atoms with Crippen LogP contribution in [-0.4, -0.2) is 17.5 Å². The number of H-pyrrole nitrogens is 1. The number of hydrogen-bond acceptors (Lipinski definition) is 2. The number of benzene rings is 2. The SMILES string of the molecule is CCOc1ccc(C(C)NC(=O)c2[nH]c3ccc(Cl)cc3c2Cl)cc1. The van der Waals surface area contributed by atoms with Crippen LogP contribution in [0.25, 0.3) is 10.9 Å². The Morgan fingerprint density at radius 1 is 1.20 bits per heavy atom. The first-order chi connectivity index (χ1) is 12.0. The summed E-state index contributed by atoms with van der Waals surface area (Å²) < 4.78 is 5.43. The highest BCUT2D eigenvalue weighted by molar-refractivity contribution is 6.39. The maximum atomic E-state index is 12.6. The highest BCUT2D eigenvalue weighted by Gasteiger charge is 2.19. The van der Waals surface area contributed by atoms with Crippen LogP contribution in [0.2, 0.25) is 10.0 Å². The van der Waals surface area contributed by atoms with Gasteiger partial charge in [-0.1, -0.05) is 35.3 Å². The molecule has 130 valence electrons. The van der Waals surface area contributed by atoms with Crippen LogP contribution in [0.4, 0.5) is 0 Å². The molecule has 4 nitrogen and oxygen atoms in total. The highest BCUT2D eigenvalue weighted by Crippen LogP contribution is 2.30. The number of carbonyl (C=O) groups is 1. The van der Waals surface area contributed by atoms with E-state index in [1.54, 1.807) is 18.2 Å². The van der Waals surface area contributed by atoms with Crippen LogP contribution in [0.5, 0.6) is 5.75 Å². The minimum absolute atomic E-state index is 0.172. The summed E-state index contributed by atoms with van der Waals surface area (Å²) in [6.07, 6.45) is 0. The first-order valence-corrected chi connectivity index (χ1v) is 8.75. The second kappa shape index (κ2) is 7.38. The number of aromatic nitrogens is 1. The van der Waals surface area contributed by atoms with Crippen molar-refractivity contribution in [3.8, 4) is 5.75 Å². The maximum absolute atomic E-state index is 12.6. The molecule has 0 aliphatic heterocycles. The van der Waals surface area contributed by atoms with Crippen molar-refractivity contribution < 1.29 is 9.53 Å². The van der Waals surface area contributed by atoms with Gasteiger partial charge in [0.1, 0.15) is 11.4 Å². The lowest BCUT2D eigenvalue weighted by atomic mass is 10.1. The third-order valence-electron chi connectivity index (χ3n) is 3.96. The number of fused-ring (bicyclic) bond motifs is 1. The van der Waals surface area contributed by atoms with E-state index in [0.717, 1.165) is 22.2 Å². The molecule has 0 aliphatic carbocycles. The van der Waals surface area contributed by atoms with Gasteiger partial charge in [0.25, 0.3) is 5.91 Å². The molecule has 0 fully saturated rings. The summed E-state index contributed by atoms with van der Waals surface area (Å²) in [5.74, 6) is 0.541. The Kier molecular flexibility index (Phi) is 5.21. The van der Waals surface area contributed by atoms with Gasteiger partial charge in [-0.25, -0.2) is 0 Å². The molecular weight excluding hydrogens is 359 g/mol. The van der Waals surface area contributed by atoms with Crippen molar-refractivity contribution >= 4 is 40.0 Å². The van der Waals surface area contributed by atoms with Crippen LogP contribution in [0, 0.1) is 0 Å². The number of aromatic amines is 1. The third-order valence-corrected chi connectivity index (χ3v) is 4.59. The molecule has 0 aliphatic rings. The Morgan fingerprint density at radius 2 is 1.92 bits per heavy atom. The molecule has 0 radical (unpaired) electrons. The van der Waals surface area contributed by atoms with Gasteiger partial charge in [-0.3, -0.25) is 4.79 Å². The quantitative estimate of drug-likeness (QED) is 0.629. The fourth-order valence-corrected chi connectivity index (χ4v) is 3.12. The van der Waals surface area contributed by atoms with Crippen molar-refractivity contribution in [2.24, 2.45) is 0 Å². The second-order valence-corrected chi connectivity index (χ2v) is 6.52. The van der Waals surface area contributed by atoms with Gasteiger partial charge >= 0.3 is 0 Å². The number of amides is 1. The van der Waals surface area contributed by atoms with Gasteiger partial charge < -0.3 is 15.0 Å². The Labute approximate surface area is 156 Å². The van der Waals surface area contributed by atoms with Crippen molar-refractivity contribution in [2.75, 3.05) is 6.61 Å². The van der Waals surface area contributed by atoms with Gasteiger partial charge in [-0.15, -0.1) is 0 Å². The van der Waals surface area contributed by atoms with Gasteiger partial charge in [0.15, 0.2) is 0 Å². The van der Waals surface area contributed by atoms with Gasteiger partial charge in [0.05, 0.1) is 17.7 Å². The normalized spacial score (nSPS) is 12.2. The van der Waals surface area contributed by atoms with Gasteiger partial charge in [0.2, 0.25) is 0 Å². The summed E-state index contributed by atoms with van der Waals surface area (Å²) >= 11 is 12.3. The Morgan fingerprint density at radius 3 is 2.60 bits per heavy atom. The number of halogens is 2. The molecule has 0 saturated heterocycles. The molecular formula is C19H18Cl2N2O2. The van der Waals surface area contributed by atoms with Crippen LogP contribution >= 0.6 is 23.2 Å². The van der Waals surface area contributed by atoms with E-state index < -0.39 is 0 Å². The second-order valence-electron chi connectivity index (χ2n) is 5.70. The first-order valence-electron chi connectivity index (χ1n) is 8.00. The van der Waals surface area contributed by atoms with E-state index >= 15 is 0 Å². The molecule has 1 amide bonds. The molecule has 1 heterocycles. The standard InChI is InChI=1S/C19H18Cl2N2O2/c1-3-25-14-7-4-12(5-8-14)11(2)22-19(24)18-17(21)15-10-13(20)6-9-16(15)23-18/h4-11,23H,3H2,1-2H3,(H,22,24). The molecule has 0 spiro atoms. The average molecular weight is 377 g/mol. The van der Waals surface area contributed by atoms with Crippen LogP contribution in [0.15, 0.2) is 42.5 Å². The predicted octanol–water partition coefficient (Wildman–Crippen LogP) is 5.36. The van der Waals surface area contributed by atoms with E-state index in [1.807, 2.05) is 38.1 Å². The van der Waals surface area contributed by atoms with E-state index in [9.17, 15) is 4.79 Å². The molecule has 2 aromatic carbocycles. The fraction of sp³-hybridized carbons (Fsp3) is 0.211. The summed E-state index contributed by atoms with van der Waals surface area (Å²) in [7, 11) is 0. The number of nitrogens with one attached hydrogen (secondary N) is 2. The molecule has 2 N–H and O–H groups in total. The topological polar surface area (TPSA) is 54.1 Å². The van der Waals surface area contributed by atoms with Gasteiger partial charge in [-0.2, -0.15) is 0 Å². The molecule has 3 rings (SSSR count). The molecule has 1 aromatic heterocycles. The number of carbonyl (C=O) groups excluding carboxylic acids is 1. The van der Waals surface area contributed by atoms with Crippen molar-refractivity contribution in [1.82, 2.24) is 10.3 Å². The Bertz CT molecular complexity index is 904. The largest absolute Gasteiger partial charge is 0.494 e. The summed E-state index contributed by atoms with van der Waals surface area (Å²) in [6.45, 7) is 4.48. The molecule has 0 bridgehead atoms. The zero-order valence-corrected chi connectivity index (χ0v) is 15.4. The van der Waals surface area contributed by atoms with Crippen molar-refractivity contribution in [3.63, 3.8) is 0 Å². The lowest BCUT2D eigenvalue weighted by Gasteiger charge is -2.14. The van der Waals surface area contributed by atoms with E-state index in [1.165, 1.54) is 0 Å². The van der Waals surface area contributed by atoms with Gasteiger partial charge in [0, 0.05) is 15.9 Å². The average Bonchev–Trinajstić information content (AvgIpc) is 2.92. The van der Waals surface area contributed by atoms with Crippen LogP contribution in [0.1, 0.15) is 35.9 Å². The highest BCUT2D eigenvalue weighted by atomic mass is 35.5. The van der Waals surface area contributed by atoms with Gasteiger partial charge in [-0.05, 0) is 49.7 Å². The molecule has 25 heavy (non-hydrogen) atoms. The number of hydrogen-bond donors (Lipinski definition) is 2. The number of ether oxygens (including phenoxy) is 1. The predicted molar refractivity (Wildman–Crippen MR) is 102 cm³/mol. The summed E-state index contributed by atoms with van der Waals surface area (Å²) in [4.78, 5) is 15.6. The van der Waals surface area contributed by atoms with E-state index in [-0.39, 0.29) is 11.9 Å². The number of rotatable bonds is 5. The molecule has 0 saturated carbocycles. The smallest absolute Gasteiger partial charge is 0.269 e. The minimum Gasteiger partial charge on any atom is -0.494 e. The Balaban J connectivity index is 1.78. The lowest BCUT2D eigenvalue weighted by Crippen LogP contribution is -2.27. The fourth-order valence-electron chi connectivity index (χ4n) is 2.66. The monoisotopic (exact) mass is 376 g/mol. The van der Waals surface area contributed by atoms with E-state index in [2.05, 4.69) is 10.3 Å².